The molecule has 0 saturated heterocycles. The SMILES string of the molecule is B.OB(O)Oc1ccc(F)cc1. The van der Waals surface area contributed by atoms with Gasteiger partial charge >= 0.3 is 7.32 Å². The molecule has 0 amide bonds. The molecule has 0 spiro atoms. The maximum Gasteiger partial charge on any atom is 0.707 e. The zero-order valence-electron chi connectivity index (χ0n) is 5.57. The third-order valence-electron chi connectivity index (χ3n) is 1.06. The molecule has 0 heterocycles. The van der Waals surface area contributed by atoms with E-state index in [-0.39, 0.29) is 14.2 Å². The van der Waals surface area contributed by atoms with Gasteiger partial charge in [-0.25, -0.2) is 4.39 Å². The molecule has 1 aromatic rings. The second-order valence-electron chi connectivity index (χ2n) is 1.90. The molecule has 0 unspecified atom stereocenters. The molecular formula is C6H9B2FO3. The van der Waals surface area contributed by atoms with Crippen LogP contribution in [0, 0.1) is 5.82 Å². The fraction of sp³-hybridized carbons (Fsp3) is 0. The van der Waals surface area contributed by atoms with Crippen molar-refractivity contribution in [1.29, 1.82) is 0 Å². The van der Waals surface area contributed by atoms with Gasteiger partial charge in [-0.15, -0.1) is 0 Å². The lowest BCUT2D eigenvalue weighted by Gasteiger charge is -2.02. The lowest BCUT2D eigenvalue weighted by atomic mass is 10.2. The summed E-state index contributed by atoms with van der Waals surface area (Å²) in [6, 6.07) is 4.93. The monoisotopic (exact) mass is 170 g/mol. The topological polar surface area (TPSA) is 49.7 Å². The van der Waals surface area contributed by atoms with Gasteiger partial charge in [-0.2, -0.15) is 0 Å². The predicted molar refractivity (Wildman–Crippen MR) is 47.2 cm³/mol. The Morgan fingerprint density at radius 3 is 2.08 bits per heavy atom. The Labute approximate surface area is 71.5 Å². The summed E-state index contributed by atoms with van der Waals surface area (Å²) in [5, 5.41) is 16.6. The Hall–Kier alpha value is -1.00. The van der Waals surface area contributed by atoms with Gasteiger partial charge in [-0.3, -0.25) is 0 Å². The van der Waals surface area contributed by atoms with E-state index in [1.807, 2.05) is 0 Å². The highest BCUT2D eigenvalue weighted by Crippen LogP contribution is 2.10. The van der Waals surface area contributed by atoms with Gasteiger partial charge in [0, 0.05) is 0 Å². The molecule has 0 radical (unpaired) electrons. The minimum atomic E-state index is -1.86. The number of halogens is 1. The van der Waals surface area contributed by atoms with Crippen molar-refractivity contribution in [3.8, 4) is 5.75 Å². The van der Waals surface area contributed by atoms with Gasteiger partial charge in [0.1, 0.15) is 11.6 Å². The van der Waals surface area contributed by atoms with Crippen LogP contribution in [0.3, 0.4) is 0 Å². The van der Waals surface area contributed by atoms with Gasteiger partial charge in [-0.05, 0) is 24.3 Å². The molecule has 0 saturated carbocycles. The molecule has 64 valence electrons. The molecule has 0 bridgehead atoms. The van der Waals surface area contributed by atoms with Crippen LogP contribution in [0.25, 0.3) is 0 Å². The average molecular weight is 170 g/mol. The molecule has 2 N–H and O–H groups in total. The highest BCUT2D eigenvalue weighted by molar-refractivity contribution is 6.33. The smallest absolute Gasteiger partial charge is 0.512 e. The summed E-state index contributed by atoms with van der Waals surface area (Å²) in [6.07, 6.45) is 0. The lowest BCUT2D eigenvalue weighted by molar-refractivity contribution is 0.288. The molecular weight excluding hydrogens is 161 g/mol. The van der Waals surface area contributed by atoms with E-state index in [0.717, 1.165) is 12.1 Å². The van der Waals surface area contributed by atoms with Crippen molar-refractivity contribution in [2.24, 2.45) is 0 Å². The first kappa shape index (κ1) is 11.0. The Balaban J connectivity index is 0.00000121. The highest BCUT2D eigenvalue weighted by Gasteiger charge is 2.10. The van der Waals surface area contributed by atoms with Gasteiger partial charge in [0.15, 0.2) is 0 Å². The molecule has 0 fully saturated rings. The second-order valence-corrected chi connectivity index (χ2v) is 1.90. The Morgan fingerprint density at radius 1 is 1.17 bits per heavy atom. The average Bonchev–Trinajstić information content (AvgIpc) is 1.93. The zero-order chi connectivity index (χ0) is 8.27. The third kappa shape index (κ3) is 3.41. The van der Waals surface area contributed by atoms with Gasteiger partial charge in [0.25, 0.3) is 0 Å². The largest absolute Gasteiger partial charge is 0.707 e. The summed E-state index contributed by atoms with van der Waals surface area (Å²) in [5.74, 6) is -0.189. The summed E-state index contributed by atoms with van der Waals surface area (Å²) >= 11 is 0. The summed E-state index contributed by atoms with van der Waals surface area (Å²) in [7, 11) is -1.86. The second kappa shape index (κ2) is 4.79. The Kier molecular flexibility index (Phi) is 4.39. The van der Waals surface area contributed by atoms with E-state index in [1.54, 1.807) is 0 Å². The van der Waals surface area contributed by atoms with Crippen molar-refractivity contribution in [3.05, 3.63) is 30.1 Å². The summed E-state index contributed by atoms with van der Waals surface area (Å²) < 4.78 is 16.7. The van der Waals surface area contributed by atoms with E-state index < -0.39 is 13.1 Å². The summed E-state index contributed by atoms with van der Waals surface area (Å²) in [5.41, 5.74) is 0. The van der Waals surface area contributed by atoms with Crippen molar-refractivity contribution in [3.63, 3.8) is 0 Å². The Morgan fingerprint density at radius 2 is 1.67 bits per heavy atom. The minimum absolute atomic E-state index is 0. The van der Waals surface area contributed by atoms with Crippen LogP contribution in [0.1, 0.15) is 0 Å². The maximum atomic E-state index is 12.2. The van der Waals surface area contributed by atoms with Crippen LogP contribution in [-0.4, -0.2) is 25.8 Å². The van der Waals surface area contributed by atoms with Gasteiger partial charge in [-0.1, -0.05) is 0 Å². The van der Waals surface area contributed by atoms with Crippen molar-refractivity contribution in [2.45, 2.75) is 0 Å². The third-order valence-corrected chi connectivity index (χ3v) is 1.06. The molecule has 6 heteroatoms. The van der Waals surface area contributed by atoms with Gasteiger partial charge in [0.05, 0.1) is 8.41 Å². The van der Waals surface area contributed by atoms with Crippen LogP contribution < -0.4 is 4.65 Å². The normalized spacial score (nSPS) is 8.58. The lowest BCUT2D eigenvalue weighted by Crippen LogP contribution is -2.20. The molecule has 0 aliphatic heterocycles. The van der Waals surface area contributed by atoms with E-state index in [4.69, 9.17) is 10.0 Å². The van der Waals surface area contributed by atoms with Crippen LogP contribution in [0.2, 0.25) is 0 Å². The maximum absolute atomic E-state index is 12.2. The zero-order valence-corrected chi connectivity index (χ0v) is 5.57. The molecule has 0 atom stereocenters. The van der Waals surface area contributed by atoms with Crippen molar-refractivity contribution in [2.75, 3.05) is 0 Å². The summed E-state index contributed by atoms with van der Waals surface area (Å²) in [6.45, 7) is 0. The van der Waals surface area contributed by atoms with Crippen molar-refractivity contribution in [1.82, 2.24) is 0 Å². The van der Waals surface area contributed by atoms with Gasteiger partial charge < -0.3 is 14.7 Å². The Bertz CT molecular complexity index is 227. The fourth-order valence-corrected chi connectivity index (χ4v) is 0.635. The number of benzene rings is 1. The molecule has 12 heavy (non-hydrogen) atoms. The molecule has 0 aliphatic rings. The van der Waals surface area contributed by atoms with Crippen LogP contribution >= 0.6 is 0 Å². The van der Waals surface area contributed by atoms with E-state index >= 15 is 0 Å². The van der Waals surface area contributed by atoms with Crippen LogP contribution in [0.4, 0.5) is 4.39 Å². The summed E-state index contributed by atoms with van der Waals surface area (Å²) in [4.78, 5) is 0. The van der Waals surface area contributed by atoms with E-state index in [1.165, 1.54) is 12.1 Å². The van der Waals surface area contributed by atoms with Crippen LogP contribution in [0.15, 0.2) is 24.3 Å². The van der Waals surface area contributed by atoms with E-state index in [9.17, 15) is 4.39 Å². The standard InChI is InChI=1S/C6H6BFO3.BH3/c8-5-1-3-6(4-2-5)11-7(9)10;/h1-4,9-10H;1H3. The minimum Gasteiger partial charge on any atom is -0.512 e. The van der Waals surface area contributed by atoms with E-state index in [2.05, 4.69) is 4.65 Å². The van der Waals surface area contributed by atoms with Gasteiger partial charge in [0.2, 0.25) is 0 Å². The molecule has 0 aliphatic carbocycles. The van der Waals surface area contributed by atoms with E-state index in [0.29, 0.717) is 0 Å². The highest BCUT2D eigenvalue weighted by atomic mass is 19.1. The molecule has 1 aromatic carbocycles. The quantitative estimate of drug-likeness (QED) is 0.558. The number of hydrogen-bond acceptors (Lipinski definition) is 3. The number of hydrogen-bond donors (Lipinski definition) is 2. The first-order chi connectivity index (χ1) is 5.18. The number of rotatable bonds is 2. The van der Waals surface area contributed by atoms with Crippen LogP contribution in [0.5, 0.6) is 5.75 Å². The predicted octanol–water partition coefficient (Wildman–Crippen LogP) is -1.01. The van der Waals surface area contributed by atoms with Crippen molar-refractivity contribution < 1.29 is 19.1 Å². The first-order valence-electron chi connectivity index (χ1n) is 2.97. The molecule has 0 aromatic heterocycles. The molecule has 3 nitrogen and oxygen atoms in total. The molecule has 1 rings (SSSR count). The van der Waals surface area contributed by atoms with Crippen molar-refractivity contribution >= 4 is 15.7 Å². The van der Waals surface area contributed by atoms with Crippen LogP contribution in [-0.2, 0) is 0 Å². The first-order valence-corrected chi connectivity index (χ1v) is 2.97. The fourth-order valence-electron chi connectivity index (χ4n) is 0.635.